The van der Waals surface area contributed by atoms with Crippen LogP contribution in [0.3, 0.4) is 0 Å². The van der Waals surface area contributed by atoms with Crippen LogP contribution in [0.4, 0.5) is 8.78 Å². The number of piperidine rings is 1. The van der Waals surface area contributed by atoms with E-state index in [-0.39, 0.29) is 11.8 Å². The van der Waals surface area contributed by atoms with Crippen LogP contribution in [0.1, 0.15) is 43.5 Å². The van der Waals surface area contributed by atoms with Crippen molar-refractivity contribution < 1.29 is 18.4 Å². The number of carbonyl (C=O) groups excluding carboxylic acids is 2. The van der Waals surface area contributed by atoms with E-state index in [1.54, 1.807) is 18.7 Å². The molecule has 1 N–H and O–H groups in total. The van der Waals surface area contributed by atoms with Gasteiger partial charge in [0.2, 0.25) is 5.91 Å². The molecule has 2 rings (SSSR count). The second kappa shape index (κ2) is 7.53. The molecule has 2 amide bonds. The van der Waals surface area contributed by atoms with Crippen molar-refractivity contribution >= 4 is 11.8 Å². The first kappa shape index (κ1) is 17.4. The van der Waals surface area contributed by atoms with Gasteiger partial charge in [0.15, 0.2) is 0 Å². The van der Waals surface area contributed by atoms with Crippen molar-refractivity contribution in [1.82, 2.24) is 10.2 Å². The quantitative estimate of drug-likeness (QED) is 0.926. The zero-order valence-electron chi connectivity index (χ0n) is 13.4. The van der Waals surface area contributed by atoms with E-state index in [0.29, 0.717) is 13.1 Å². The van der Waals surface area contributed by atoms with Crippen LogP contribution < -0.4 is 5.32 Å². The number of benzene rings is 1. The van der Waals surface area contributed by atoms with Crippen molar-refractivity contribution in [1.29, 1.82) is 0 Å². The van der Waals surface area contributed by atoms with Gasteiger partial charge in [0.25, 0.3) is 5.91 Å². The lowest BCUT2D eigenvalue weighted by atomic mass is 10.0. The Hall–Kier alpha value is -1.98. The minimum Gasteiger partial charge on any atom is -0.341 e. The van der Waals surface area contributed by atoms with Crippen LogP contribution in [0.5, 0.6) is 0 Å². The average molecular weight is 324 g/mol. The highest BCUT2D eigenvalue weighted by atomic mass is 19.1. The van der Waals surface area contributed by atoms with Crippen molar-refractivity contribution in [2.24, 2.45) is 5.92 Å². The fourth-order valence-electron chi connectivity index (χ4n) is 2.75. The Kier molecular flexibility index (Phi) is 5.69. The van der Waals surface area contributed by atoms with Crippen molar-refractivity contribution in [3.63, 3.8) is 0 Å². The van der Waals surface area contributed by atoms with Crippen LogP contribution in [0.15, 0.2) is 18.2 Å². The van der Waals surface area contributed by atoms with Gasteiger partial charge in [-0.05, 0) is 37.3 Å². The molecule has 0 spiro atoms. The Morgan fingerprint density at radius 1 is 1.09 bits per heavy atom. The number of nitrogens with zero attached hydrogens (tertiary/aromatic N) is 1. The molecule has 1 aromatic carbocycles. The van der Waals surface area contributed by atoms with Gasteiger partial charge >= 0.3 is 0 Å². The van der Waals surface area contributed by atoms with Gasteiger partial charge < -0.3 is 10.2 Å². The number of halogens is 2. The Morgan fingerprint density at radius 3 is 2.17 bits per heavy atom. The Balaban J connectivity index is 2.15. The summed E-state index contributed by atoms with van der Waals surface area (Å²) >= 11 is 0. The van der Waals surface area contributed by atoms with Crippen LogP contribution in [0, 0.1) is 17.6 Å². The summed E-state index contributed by atoms with van der Waals surface area (Å²) in [6, 6.07) is 2.45. The summed E-state index contributed by atoms with van der Waals surface area (Å²) in [6.45, 7) is 4.91. The highest BCUT2D eigenvalue weighted by Crippen LogP contribution is 2.16. The van der Waals surface area contributed by atoms with Crippen molar-refractivity contribution in [3.8, 4) is 0 Å². The number of hydrogen-bond donors (Lipinski definition) is 1. The summed E-state index contributed by atoms with van der Waals surface area (Å²) < 4.78 is 27.4. The summed E-state index contributed by atoms with van der Waals surface area (Å²) in [6.07, 6.45) is 2.96. The van der Waals surface area contributed by atoms with Gasteiger partial charge in [-0.2, -0.15) is 0 Å². The predicted octanol–water partition coefficient (Wildman–Crippen LogP) is 2.73. The third kappa shape index (κ3) is 4.06. The molecule has 0 unspecified atom stereocenters. The molecule has 0 aliphatic carbocycles. The molecule has 0 aromatic heterocycles. The molecule has 1 saturated heterocycles. The number of hydrogen-bond acceptors (Lipinski definition) is 2. The number of rotatable bonds is 4. The van der Waals surface area contributed by atoms with E-state index < -0.39 is 29.1 Å². The summed E-state index contributed by atoms with van der Waals surface area (Å²) in [4.78, 5) is 26.5. The second-order valence-corrected chi connectivity index (χ2v) is 6.18. The normalized spacial score (nSPS) is 16.3. The topological polar surface area (TPSA) is 49.4 Å². The standard InChI is InChI=1S/C17H22F2N2O2/c1-11(2)15(17(23)21-9-4-3-5-10-21)20-16(22)14-12(18)7-6-8-13(14)19/h6-8,11,15H,3-5,9-10H2,1-2H3,(H,20,22)/t15-/m0/s1. The van der Waals surface area contributed by atoms with Gasteiger partial charge in [0.05, 0.1) is 0 Å². The predicted molar refractivity (Wildman–Crippen MR) is 82.9 cm³/mol. The van der Waals surface area contributed by atoms with Gasteiger partial charge in [0, 0.05) is 13.1 Å². The van der Waals surface area contributed by atoms with Gasteiger partial charge in [-0.1, -0.05) is 19.9 Å². The zero-order valence-corrected chi connectivity index (χ0v) is 13.4. The maximum absolute atomic E-state index is 13.7. The SMILES string of the molecule is CC(C)[C@H](NC(=O)c1c(F)cccc1F)C(=O)N1CCCCC1. The highest BCUT2D eigenvalue weighted by Gasteiger charge is 2.30. The number of carbonyl (C=O) groups is 2. The molecule has 23 heavy (non-hydrogen) atoms. The molecule has 126 valence electrons. The smallest absolute Gasteiger partial charge is 0.257 e. The molecule has 1 heterocycles. The summed E-state index contributed by atoms with van der Waals surface area (Å²) in [5.41, 5.74) is -0.649. The van der Waals surface area contributed by atoms with Crippen LogP contribution in [0.25, 0.3) is 0 Å². The maximum atomic E-state index is 13.7. The number of amides is 2. The summed E-state index contributed by atoms with van der Waals surface area (Å²) in [5, 5.41) is 2.50. The largest absolute Gasteiger partial charge is 0.341 e. The molecular weight excluding hydrogens is 302 g/mol. The number of nitrogens with one attached hydrogen (secondary N) is 1. The van der Waals surface area contributed by atoms with E-state index in [1.807, 2.05) is 0 Å². The molecule has 0 saturated carbocycles. The minimum absolute atomic E-state index is 0.178. The second-order valence-electron chi connectivity index (χ2n) is 6.18. The van der Waals surface area contributed by atoms with Gasteiger partial charge in [-0.15, -0.1) is 0 Å². The summed E-state index contributed by atoms with van der Waals surface area (Å²) in [5.74, 6) is -3.14. The molecule has 1 atom stereocenters. The van der Waals surface area contributed by atoms with Crippen molar-refractivity contribution in [2.75, 3.05) is 13.1 Å². The Labute approximate surface area is 134 Å². The first-order chi connectivity index (χ1) is 10.9. The maximum Gasteiger partial charge on any atom is 0.257 e. The first-order valence-electron chi connectivity index (χ1n) is 7.95. The van der Waals surface area contributed by atoms with Gasteiger partial charge in [-0.25, -0.2) is 8.78 Å². The Morgan fingerprint density at radius 2 is 1.65 bits per heavy atom. The monoisotopic (exact) mass is 324 g/mol. The van der Waals surface area contributed by atoms with Crippen LogP contribution >= 0.6 is 0 Å². The van der Waals surface area contributed by atoms with Crippen LogP contribution in [0.2, 0.25) is 0 Å². The lowest BCUT2D eigenvalue weighted by Crippen LogP contribution is -2.52. The lowest BCUT2D eigenvalue weighted by molar-refractivity contribution is -0.135. The van der Waals surface area contributed by atoms with Crippen molar-refractivity contribution in [2.45, 2.75) is 39.2 Å². The van der Waals surface area contributed by atoms with E-state index in [4.69, 9.17) is 0 Å². The fraction of sp³-hybridized carbons (Fsp3) is 0.529. The van der Waals surface area contributed by atoms with Crippen LogP contribution in [-0.4, -0.2) is 35.8 Å². The molecule has 4 nitrogen and oxygen atoms in total. The van der Waals surface area contributed by atoms with Crippen molar-refractivity contribution in [3.05, 3.63) is 35.4 Å². The molecular formula is C17H22F2N2O2. The van der Waals surface area contributed by atoms with Crippen LogP contribution in [-0.2, 0) is 4.79 Å². The molecule has 1 aromatic rings. The van der Waals surface area contributed by atoms with Gasteiger partial charge in [0.1, 0.15) is 23.2 Å². The highest BCUT2D eigenvalue weighted by molar-refractivity contribution is 5.98. The lowest BCUT2D eigenvalue weighted by Gasteiger charge is -2.32. The molecule has 6 heteroatoms. The third-order valence-corrected chi connectivity index (χ3v) is 4.08. The molecule has 1 fully saturated rings. The van der Waals surface area contributed by atoms with E-state index >= 15 is 0 Å². The molecule has 0 radical (unpaired) electrons. The first-order valence-corrected chi connectivity index (χ1v) is 7.95. The minimum atomic E-state index is -0.935. The summed E-state index contributed by atoms with van der Waals surface area (Å²) in [7, 11) is 0. The van der Waals surface area contributed by atoms with E-state index in [9.17, 15) is 18.4 Å². The van der Waals surface area contributed by atoms with E-state index in [2.05, 4.69) is 5.32 Å². The Bertz CT molecular complexity index is 564. The molecule has 0 bridgehead atoms. The third-order valence-electron chi connectivity index (χ3n) is 4.08. The van der Waals surface area contributed by atoms with E-state index in [1.165, 1.54) is 6.07 Å². The molecule has 1 aliphatic rings. The number of likely N-dealkylation sites (tertiary alicyclic amines) is 1. The average Bonchev–Trinajstić information content (AvgIpc) is 2.52. The van der Waals surface area contributed by atoms with Gasteiger partial charge in [-0.3, -0.25) is 9.59 Å². The molecule has 1 aliphatic heterocycles. The van der Waals surface area contributed by atoms with E-state index in [0.717, 1.165) is 31.4 Å². The fourth-order valence-corrected chi connectivity index (χ4v) is 2.75. The zero-order chi connectivity index (χ0) is 17.0.